The SMILES string of the molecule is CCCC(C)N1CC=C[C@]23O[C@H]4C=CCN(c5ccccc5)C(=O)[C@H]4[C@H]2C(=O)N([C@@H](CO)CC(C)C)C3C1=O. The van der Waals surface area contributed by atoms with E-state index in [0.29, 0.717) is 19.5 Å². The van der Waals surface area contributed by atoms with Crippen LogP contribution in [0.4, 0.5) is 5.69 Å². The fraction of sp³-hybridized carbons (Fsp3) is 0.581. The molecule has 1 aromatic rings. The first-order chi connectivity index (χ1) is 18.7. The Hall–Kier alpha value is -2.97. The lowest BCUT2D eigenvalue weighted by Crippen LogP contribution is -2.59. The van der Waals surface area contributed by atoms with Gasteiger partial charge >= 0.3 is 0 Å². The van der Waals surface area contributed by atoms with Gasteiger partial charge in [0.25, 0.3) is 0 Å². The first-order valence-corrected chi connectivity index (χ1v) is 14.4. The van der Waals surface area contributed by atoms with E-state index in [-0.39, 0.29) is 36.3 Å². The van der Waals surface area contributed by atoms with Gasteiger partial charge in [-0.1, -0.05) is 69.7 Å². The lowest BCUT2D eigenvalue weighted by Gasteiger charge is -2.40. The zero-order chi connectivity index (χ0) is 27.9. The predicted molar refractivity (Wildman–Crippen MR) is 149 cm³/mol. The van der Waals surface area contributed by atoms with Crippen LogP contribution >= 0.6 is 0 Å². The number of nitrogens with zero attached hydrogens (tertiary/aromatic N) is 3. The maximum atomic E-state index is 14.5. The van der Waals surface area contributed by atoms with Crippen molar-refractivity contribution in [3.8, 4) is 0 Å². The molecule has 5 rings (SSSR count). The summed E-state index contributed by atoms with van der Waals surface area (Å²) in [6, 6.07) is 7.93. The molecule has 4 heterocycles. The van der Waals surface area contributed by atoms with Crippen LogP contribution in [0.1, 0.15) is 47.0 Å². The number of benzene rings is 1. The Labute approximate surface area is 231 Å². The monoisotopic (exact) mass is 535 g/mol. The molecule has 2 fully saturated rings. The quantitative estimate of drug-likeness (QED) is 0.517. The highest BCUT2D eigenvalue weighted by Gasteiger charge is 2.72. The maximum absolute atomic E-state index is 14.5. The van der Waals surface area contributed by atoms with Gasteiger partial charge in [-0.15, -0.1) is 0 Å². The first-order valence-electron chi connectivity index (χ1n) is 14.4. The molecule has 1 aromatic carbocycles. The number of aliphatic hydroxyl groups is 1. The molecule has 4 aliphatic rings. The summed E-state index contributed by atoms with van der Waals surface area (Å²) in [5.41, 5.74) is -0.526. The van der Waals surface area contributed by atoms with E-state index < -0.39 is 35.6 Å². The molecule has 2 unspecified atom stereocenters. The van der Waals surface area contributed by atoms with Gasteiger partial charge in [-0.05, 0) is 37.8 Å². The van der Waals surface area contributed by atoms with Crippen molar-refractivity contribution in [2.75, 3.05) is 24.6 Å². The number of hydrogen-bond acceptors (Lipinski definition) is 5. The third kappa shape index (κ3) is 4.51. The standard InChI is InChI=1S/C31H41N3O5/c1-5-11-21(4)32-17-10-15-31-26(29(37)34(27(31)30(32)38)23(19-35)18-20(2)3)25-24(39-31)14-9-16-33(28(25)36)22-12-7-6-8-13-22/h6-10,12-15,20-21,23-27,35H,5,11,16-19H2,1-4H3/t21?,23-,24+,25-,26+,27?,31+/m1/s1. The average molecular weight is 536 g/mol. The summed E-state index contributed by atoms with van der Waals surface area (Å²) < 4.78 is 6.74. The second-order valence-electron chi connectivity index (χ2n) is 11.8. The van der Waals surface area contributed by atoms with Gasteiger partial charge in [0.1, 0.15) is 11.6 Å². The van der Waals surface area contributed by atoms with E-state index in [9.17, 15) is 19.5 Å². The average Bonchev–Trinajstić information content (AvgIpc) is 3.23. The van der Waals surface area contributed by atoms with Crippen molar-refractivity contribution in [2.45, 2.75) is 76.8 Å². The van der Waals surface area contributed by atoms with Crippen LogP contribution in [0.5, 0.6) is 0 Å². The number of hydrogen-bond donors (Lipinski definition) is 1. The molecule has 8 nitrogen and oxygen atoms in total. The largest absolute Gasteiger partial charge is 0.394 e. The third-order valence-corrected chi connectivity index (χ3v) is 8.78. The van der Waals surface area contributed by atoms with Crippen LogP contribution in [0, 0.1) is 17.8 Å². The molecule has 39 heavy (non-hydrogen) atoms. The number of carbonyl (C=O) groups is 3. The van der Waals surface area contributed by atoms with Crippen molar-refractivity contribution < 1.29 is 24.2 Å². The molecular formula is C31H41N3O5. The number of aliphatic hydroxyl groups excluding tert-OH is 1. The van der Waals surface area contributed by atoms with Gasteiger partial charge < -0.3 is 24.5 Å². The molecule has 1 N–H and O–H groups in total. The minimum Gasteiger partial charge on any atom is -0.394 e. The number of amides is 3. The van der Waals surface area contributed by atoms with Crippen LogP contribution in [-0.2, 0) is 19.1 Å². The lowest BCUT2D eigenvalue weighted by atomic mass is 9.77. The Bertz CT molecular complexity index is 1150. The van der Waals surface area contributed by atoms with Crippen molar-refractivity contribution >= 4 is 23.4 Å². The Morgan fingerprint density at radius 1 is 1.03 bits per heavy atom. The van der Waals surface area contributed by atoms with Gasteiger partial charge in [0.05, 0.1) is 30.6 Å². The zero-order valence-corrected chi connectivity index (χ0v) is 23.4. The third-order valence-electron chi connectivity index (χ3n) is 8.78. The number of ether oxygens (including phenoxy) is 1. The Morgan fingerprint density at radius 2 is 1.77 bits per heavy atom. The summed E-state index contributed by atoms with van der Waals surface area (Å²) in [6.45, 7) is 8.73. The van der Waals surface area contributed by atoms with Gasteiger partial charge in [0.2, 0.25) is 17.7 Å². The number of para-hydroxylation sites is 1. The van der Waals surface area contributed by atoms with Crippen LogP contribution in [0.3, 0.4) is 0 Å². The highest BCUT2D eigenvalue weighted by molar-refractivity contribution is 6.04. The molecule has 0 radical (unpaired) electrons. The highest BCUT2D eigenvalue weighted by Crippen LogP contribution is 2.54. The number of rotatable bonds is 8. The summed E-state index contributed by atoms with van der Waals surface area (Å²) in [5, 5.41) is 10.5. The fourth-order valence-electron chi connectivity index (χ4n) is 7.12. The van der Waals surface area contributed by atoms with E-state index in [1.54, 1.807) is 9.80 Å². The molecule has 0 bridgehead atoms. The molecule has 3 amide bonds. The van der Waals surface area contributed by atoms with Gasteiger partial charge in [-0.25, -0.2) is 0 Å². The van der Waals surface area contributed by atoms with E-state index in [0.717, 1.165) is 18.5 Å². The van der Waals surface area contributed by atoms with Crippen molar-refractivity contribution in [3.63, 3.8) is 0 Å². The van der Waals surface area contributed by atoms with E-state index in [2.05, 4.69) is 6.92 Å². The van der Waals surface area contributed by atoms with E-state index in [1.807, 2.05) is 80.3 Å². The van der Waals surface area contributed by atoms with Crippen LogP contribution in [0.25, 0.3) is 0 Å². The van der Waals surface area contributed by atoms with Crippen LogP contribution < -0.4 is 4.90 Å². The second-order valence-corrected chi connectivity index (χ2v) is 11.8. The van der Waals surface area contributed by atoms with E-state index in [4.69, 9.17) is 4.74 Å². The molecule has 1 spiro atoms. The zero-order valence-electron chi connectivity index (χ0n) is 23.4. The van der Waals surface area contributed by atoms with Crippen LogP contribution in [-0.4, -0.2) is 82.2 Å². The van der Waals surface area contributed by atoms with E-state index >= 15 is 0 Å². The number of fused-ring (bicyclic) bond motifs is 2. The molecular weight excluding hydrogens is 494 g/mol. The van der Waals surface area contributed by atoms with E-state index in [1.165, 1.54) is 0 Å². The summed E-state index contributed by atoms with van der Waals surface area (Å²) in [4.78, 5) is 48.2. The molecule has 7 atom stereocenters. The van der Waals surface area contributed by atoms with Crippen molar-refractivity contribution in [3.05, 3.63) is 54.6 Å². The topological polar surface area (TPSA) is 90.4 Å². The van der Waals surface area contributed by atoms with Crippen molar-refractivity contribution in [1.82, 2.24) is 9.80 Å². The minimum absolute atomic E-state index is 0.0158. The molecule has 210 valence electrons. The molecule has 0 aromatic heterocycles. The van der Waals surface area contributed by atoms with Crippen molar-refractivity contribution in [1.29, 1.82) is 0 Å². The molecule has 2 saturated heterocycles. The Balaban J connectivity index is 1.62. The molecule has 0 saturated carbocycles. The lowest BCUT2D eigenvalue weighted by molar-refractivity contribution is -0.152. The summed E-state index contributed by atoms with van der Waals surface area (Å²) >= 11 is 0. The first kappa shape index (κ1) is 27.6. The normalized spacial score (nSPS) is 31.7. The Morgan fingerprint density at radius 3 is 2.44 bits per heavy atom. The molecule has 8 heteroatoms. The fourth-order valence-corrected chi connectivity index (χ4v) is 7.12. The van der Waals surface area contributed by atoms with Crippen LogP contribution in [0.15, 0.2) is 54.6 Å². The number of likely N-dealkylation sites (tertiary alicyclic amines) is 1. The number of carbonyl (C=O) groups excluding carboxylic acids is 3. The predicted octanol–water partition coefficient (Wildman–Crippen LogP) is 3.16. The molecule has 4 aliphatic heterocycles. The summed E-state index contributed by atoms with van der Waals surface area (Å²) in [7, 11) is 0. The summed E-state index contributed by atoms with van der Waals surface area (Å²) in [6.07, 6.45) is 9.29. The summed E-state index contributed by atoms with van der Waals surface area (Å²) in [5.74, 6) is -2.09. The van der Waals surface area contributed by atoms with Crippen molar-refractivity contribution in [2.24, 2.45) is 17.8 Å². The van der Waals surface area contributed by atoms with Gasteiger partial charge in [0, 0.05) is 24.8 Å². The second kappa shape index (κ2) is 10.9. The van der Waals surface area contributed by atoms with Gasteiger partial charge in [0.15, 0.2) is 0 Å². The highest BCUT2D eigenvalue weighted by atomic mass is 16.5. The minimum atomic E-state index is -1.28. The maximum Gasteiger partial charge on any atom is 0.249 e. The van der Waals surface area contributed by atoms with Gasteiger partial charge in [-0.2, -0.15) is 0 Å². The van der Waals surface area contributed by atoms with Crippen LogP contribution in [0.2, 0.25) is 0 Å². The smallest absolute Gasteiger partial charge is 0.249 e. The Kier molecular flexibility index (Phi) is 7.71. The number of anilines is 1. The molecule has 0 aliphatic carbocycles. The van der Waals surface area contributed by atoms with Gasteiger partial charge in [-0.3, -0.25) is 14.4 Å².